The van der Waals surface area contributed by atoms with Crippen molar-refractivity contribution >= 4 is 33.9 Å². The molecule has 2 aromatic heterocycles. The van der Waals surface area contributed by atoms with Gasteiger partial charge in [0.05, 0.1) is 17.1 Å². The molecule has 1 aliphatic rings. The normalized spacial score (nSPS) is 18.8. The van der Waals surface area contributed by atoms with Gasteiger partial charge in [0.25, 0.3) is 5.56 Å². The fourth-order valence-electron chi connectivity index (χ4n) is 2.91. The largest absolute Gasteiger partial charge is 0.598 e. The molecule has 1 N–H and O–H groups in total. The van der Waals surface area contributed by atoms with E-state index in [1.807, 2.05) is 27.7 Å². The number of fused-ring (bicyclic) bond motifs is 1. The minimum absolute atomic E-state index is 0.0656. The van der Waals surface area contributed by atoms with Crippen molar-refractivity contribution in [3.63, 3.8) is 0 Å². The summed E-state index contributed by atoms with van der Waals surface area (Å²) in [6.45, 7) is 9.66. The summed E-state index contributed by atoms with van der Waals surface area (Å²) in [6, 6.07) is 1.19. The van der Waals surface area contributed by atoms with Crippen molar-refractivity contribution < 1.29 is 4.55 Å². The van der Waals surface area contributed by atoms with Gasteiger partial charge in [0.15, 0.2) is 0 Å². The van der Waals surface area contributed by atoms with Crippen LogP contribution in [0.15, 0.2) is 10.9 Å². The lowest BCUT2D eigenvalue weighted by Crippen LogP contribution is -2.41. The molecule has 6 nitrogen and oxygen atoms in total. The zero-order valence-electron chi connectivity index (χ0n) is 16.0. The SMILES string of the molecule is CC(N[S+]([O-])C(C)(C)C)c1nc(Cl)cc2c(=O)n(C)c(C3(C)CC3)nc12. The first-order chi connectivity index (χ1) is 11.9. The van der Waals surface area contributed by atoms with Crippen molar-refractivity contribution in [1.82, 2.24) is 19.3 Å². The Morgan fingerprint density at radius 3 is 2.54 bits per heavy atom. The molecule has 8 heteroatoms. The molecule has 26 heavy (non-hydrogen) atoms. The van der Waals surface area contributed by atoms with Crippen molar-refractivity contribution in [1.29, 1.82) is 0 Å². The Labute approximate surface area is 161 Å². The number of pyridine rings is 1. The Balaban J connectivity index is 2.16. The Morgan fingerprint density at radius 2 is 2.00 bits per heavy atom. The second kappa shape index (κ2) is 6.48. The molecule has 0 saturated heterocycles. The number of hydrogen-bond donors (Lipinski definition) is 1. The van der Waals surface area contributed by atoms with Crippen LogP contribution < -0.4 is 10.3 Å². The molecule has 0 radical (unpaired) electrons. The summed E-state index contributed by atoms with van der Waals surface area (Å²) in [6.07, 6.45) is 2.02. The van der Waals surface area contributed by atoms with Crippen LogP contribution in [0, 0.1) is 0 Å². The molecule has 2 aromatic rings. The van der Waals surface area contributed by atoms with E-state index in [2.05, 4.69) is 16.6 Å². The van der Waals surface area contributed by atoms with Crippen LogP contribution in [0.3, 0.4) is 0 Å². The van der Waals surface area contributed by atoms with E-state index >= 15 is 0 Å². The molecule has 3 rings (SSSR count). The minimum atomic E-state index is -1.28. The number of rotatable bonds is 4. The van der Waals surface area contributed by atoms with E-state index in [0.717, 1.165) is 18.7 Å². The predicted molar refractivity (Wildman–Crippen MR) is 106 cm³/mol. The van der Waals surface area contributed by atoms with Gasteiger partial charge in [0, 0.05) is 23.8 Å². The lowest BCUT2D eigenvalue weighted by atomic mass is 10.1. The number of hydrogen-bond acceptors (Lipinski definition) is 5. The van der Waals surface area contributed by atoms with Gasteiger partial charge < -0.3 is 4.55 Å². The van der Waals surface area contributed by atoms with Crippen LogP contribution in [-0.4, -0.2) is 23.8 Å². The van der Waals surface area contributed by atoms with Crippen molar-refractivity contribution in [3.8, 4) is 0 Å². The summed E-state index contributed by atoms with van der Waals surface area (Å²) >= 11 is 4.89. The Kier molecular flexibility index (Phi) is 4.88. The third-order valence-corrected chi connectivity index (χ3v) is 6.72. The summed E-state index contributed by atoms with van der Waals surface area (Å²) in [5.74, 6) is 0.768. The van der Waals surface area contributed by atoms with Crippen LogP contribution in [0.2, 0.25) is 5.15 Å². The smallest absolute Gasteiger partial charge is 0.261 e. The van der Waals surface area contributed by atoms with Gasteiger partial charge in [0.1, 0.15) is 21.2 Å². The number of nitrogens with zero attached hydrogens (tertiary/aromatic N) is 3. The van der Waals surface area contributed by atoms with Crippen molar-refractivity contribution in [2.45, 2.75) is 63.7 Å². The van der Waals surface area contributed by atoms with Crippen LogP contribution in [-0.2, 0) is 23.8 Å². The van der Waals surface area contributed by atoms with E-state index in [-0.39, 0.29) is 22.2 Å². The summed E-state index contributed by atoms with van der Waals surface area (Å²) in [5.41, 5.74) is 0.886. The van der Waals surface area contributed by atoms with Crippen molar-refractivity contribution in [2.24, 2.45) is 7.05 Å². The van der Waals surface area contributed by atoms with Gasteiger partial charge in [0.2, 0.25) is 0 Å². The second-order valence-electron chi connectivity index (χ2n) is 8.31. The summed E-state index contributed by atoms with van der Waals surface area (Å²) < 4.78 is 16.7. The summed E-state index contributed by atoms with van der Waals surface area (Å²) in [4.78, 5) is 22.1. The highest BCUT2D eigenvalue weighted by Gasteiger charge is 2.43. The van der Waals surface area contributed by atoms with Gasteiger partial charge in [-0.3, -0.25) is 9.36 Å². The van der Waals surface area contributed by atoms with Gasteiger partial charge >= 0.3 is 0 Å². The van der Waals surface area contributed by atoms with Crippen LogP contribution in [0.25, 0.3) is 10.9 Å². The number of halogens is 1. The molecule has 1 fully saturated rings. The second-order valence-corrected chi connectivity index (χ2v) is 10.7. The molecule has 2 heterocycles. The quantitative estimate of drug-likeness (QED) is 0.634. The van der Waals surface area contributed by atoms with E-state index in [1.54, 1.807) is 17.7 Å². The molecule has 142 valence electrons. The zero-order valence-corrected chi connectivity index (χ0v) is 17.6. The number of nitrogens with one attached hydrogen (secondary N) is 1. The molecule has 0 spiro atoms. The Hall–Kier alpha value is -1.15. The van der Waals surface area contributed by atoms with Gasteiger partial charge in [-0.15, -0.1) is 4.72 Å². The first-order valence-electron chi connectivity index (χ1n) is 8.70. The van der Waals surface area contributed by atoms with Gasteiger partial charge in [-0.05, 0) is 46.6 Å². The maximum Gasteiger partial charge on any atom is 0.261 e. The molecule has 0 bridgehead atoms. The van der Waals surface area contributed by atoms with E-state index in [9.17, 15) is 9.35 Å². The van der Waals surface area contributed by atoms with E-state index in [4.69, 9.17) is 16.6 Å². The molecule has 2 atom stereocenters. The highest BCUT2D eigenvalue weighted by Crippen LogP contribution is 2.46. The Bertz CT molecular complexity index is 918. The summed E-state index contributed by atoms with van der Waals surface area (Å²) in [5, 5.41) is 0.665. The summed E-state index contributed by atoms with van der Waals surface area (Å²) in [7, 11) is 1.75. The standard InChI is InChI=1S/C18H25ClN4O2S/c1-10(22-26(25)17(2,3)4)13-14-11(9-12(19)20-13)15(24)23(6)16(21-14)18(5)7-8-18/h9-10,22H,7-8H2,1-6H3. The zero-order chi connectivity index (χ0) is 19.4. The van der Waals surface area contributed by atoms with E-state index < -0.39 is 16.1 Å². The monoisotopic (exact) mass is 396 g/mol. The van der Waals surface area contributed by atoms with Crippen molar-refractivity contribution in [3.05, 3.63) is 33.1 Å². The average Bonchev–Trinajstić information content (AvgIpc) is 3.28. The van der Waals surface area contributed by atoms with E-state index in [0.29, 0.717) is 16.6 Å². The molecule has 0 amide bonds. The average molecular weight is 397 g/mol. The molecule has 1 saturated carbocycles. The minimum Gasteiger partial charge on any atom is -0.598 e. The van der Waals surface area contributed by atoms with Gasteiger partial charge in [-0.2, -0.15) is 0 Å². The Morgan fingerprint density at radius 1 is 1.38 bits per heavy atom. The maximum absolute atomic E-state index is 12.9. The first kappa shape index (κ1) is 19.6. The third-order valence-electron chi connectivity index (χ3n) is 4.85. The maximum atomic E-state index is 12.9. The molecule has 1 aliphatic carbocycles. The molecule has 0 aromatic carbocycles. The lowest BCUT2D eigenvalue weighted by molar-refractivity contribution is 0.529. The third kappa shape index (κ3) is 3.50. The fraction of sp³-hybridized carbons (Fsp3) is 0.611. The van der Waals surface area contributed by atoms with Crippen LogP contribution >= 0.6 is 11.6 Å². The fourth-order valence-corrected chi connectivity index (χ4v) is 3.90. The molecule has 0 aliphatic heterocycles. The first-order valence-corrected chi connectivity index (χ1v) is 10.2. The van der Waals surface area contributed by atoms with Gasteiger partial charge in [-0.1, -0.05) is 18.5 Å². The molecule has 2 unspecified atom stereocenters. The van der Waals surface area contributed by atoms with Gasteiger partial charge in [-0.25, -0.2) is 9.97 Å². The van der Waals surface area contributed by atoms with Crippen LogP contribution in [0.4, 0.5) is 0 Å². The molecular formula is C18H25ClN4O2S. The van der Waals surface area contributed by atoms with Crippen LogP contribution in [0.5, 0.6) is 0 Å². The predicted octanol–water partition coefficient (Wildman–Crippen LogP) is 3.15. The molecular weight excluding hydrogens is 372 g/mol. The highest BCUT2D eigenvalue weighted by atomic mass is 35.5. The van der Waals surface area contributed by atoms with Crippen LogP contribution in [0.1, 0.15) is 65.0 Å². The van der Waals surface area contributed by atoms with E-state index in [1.165, 1.54) is 0 Å². The lowest BCUT2D eigenvalue weighted by Gasteiger charge is -2.26. The highest BCUT2D eigenvalue weighted by molar-refractivity contribution is 7.90. The topological polar surface area (TPSA) is 82.9 Å². The number of aromatic nitrogens is 3. The van der Waals surface area contributed by atoms with Crippen molar-refractivity contribution in [2.75, 3.05) is 0 Å².